The molecule has 0 unspecified atom stereocenters. The number of hydrogen-bond donors (Lipinski definition) is 2. The SMILES string of the molecule is COc1cc(/C=C2/C(C)=C(CC(=O)NCc3ccco3)c3cc(F)cnc32)cc(OC)c1OCC(=O)O. The number of furan rings is 1. The molecule has 3 aromatic rings. The summed E-state index contributed by atoms with van der Waals surface area (Å²) < 4.78 is 35.6. The van der Waals surface area contributed by atoms with Crippen LogP contribution in [0.4, 0.5) is 4.39 Å². The molecule has 2 heterocycles. The Morgan fingerprint density at radius 3 is 2.54 bits per heavy atom. The summed E-state index contributed by atoms with van der Waals surface area (Å²) in [5, 5.41) is 11.8. The van der Waals surface area contributed by atoms with Crippen LogP contribution in [-0.4, -0.2) is 42.8 Å². The predicted octanol–water partition coefficient (Wildman–Crippen LogP) is 4.33. The zero-order valence-electron chi connectivity index (χ0n) is 20.5. The summed E-state index contributed by atoms with van der Waals surface area (Å²) in [6.45, 7) is 1.52. The number of hydrogen-bond acceptors (Lipinski definition) is 7. The Balaban J connectivity index is 1.69. The fourth-order valence-corrected chi connectivity index (χ4v) is 4.08. The Labute approximate surface area is 212 Å². The van der Waals surface area contributed by atoms with Gasteiger partial charge in [-0.1, -0.05) is 0 Å². The number of rotatable bonds is 10. The van der Waals surface area contributed by atoms with E-state index in [4.69, 9.17) is 23.7 Å². The van der Waals surface area contributed by atoms with Crippen LogP contribution in [0.15, 0.2) is 52.8 Å². The number of allylic oxidation sites excluding steroid dienone is 2. The topological polar surface area (TPSA) is 120 Å². The summed E-state index contributed by atoms with van der Waals surface area (Å²) in [4.78, 5) is 28.0. The summed E-state index contributed by atoms with van der Waals surface area (Å²) in [6, 6.07) is 8.19. The van der Waals surface area contributed by atoms with Crippen molar-refractivity contribution in [3.05, 3.63) is 76.8 Å². The number of carboxylic acids is 1. The van der Waals surface area contributed by atoms with Crippen LogP contribution in [0.25, 0.3) is 17.2 Å². The van der Waals surface area contributed by atoms with Gasteiger partial charge in [-0.05, 0) is 60.0 Å². The zero-order valence-corrected chi connectivity index (χ0v) is 20.5. The molecule has 0 aliphatic heterocycles. The summed E-state index contributed by atoms with van der Waals surface area (Å²) in [6.07, 6.45) is 4.50. The van der Waals surface area contributed by atoms with Gasteiger partial charge in [0.2, 0.25) is 11.7 Å². The fraction of sp³-hybridized carbons (Fsp3) is 0.222. The van der Waals surface area contributed by atoms with Crippen LogP contribution in [0.5, 0.6) is 17.2 Å². The largest absolute Gasteiger partial charge is 0.493 e. The van der Waals surface area contributed by atoms with Crippen LogP contribution in [0.2, 0.25) is 0 Å². The van der Waals surface area contributed by atoms with E-state index in [2.05, 4.69) is 10.3 Å². The van der Waals surface area contributed by atoms with E-state index >= 15 is 0 Å². The number of benzene rings is 1. The van der Waals surface area contributed by atoms with E-state index < -0.39 is 18.4 Å². The molecule has 1 aromatic carbocycles. The number of aliphatic carboxylic acids is 1. The molecule has 0 atom stereocenters. The molecule has 0 saturated heterocycles. The number of aromatic nitrogens is 1. The molecule has 0 spiro atoms. The van der Waals surface area contributed by atoms with Gasteiger partial charge in [0.1, 0.15) is 11.6 Å². The summed E-state index contributed by atoms with van der Waals surface area (Å²) in [5.74, 6) is -0.568. The van der Waals surface area contributed by atoms with E-state index in [0.717, 1.165) is 11.8 Å². The van der Waals surface area contributed by atoms with Crippen LogP contribution in [0.3, 0.4) is 0 Å². The van der Waals surface area contributed by atoms with Crippen LogP contribution < -0.4 is 19.5 Å². The number of nitrogens with zero attached hydrogens (tertiary/aromatic N) is 1. The molecule has 1 aliphatic carbocycles. The monoisotopic (exact) mass is 508 g/mol. The first-order chi connectivity index (χ1) is 17.8. The van der Waals surface area contributed by atoms with Crippen LogP contribution in [-0.2, 0) is 16.1 Å². The molecule has 10 heteroatoms. The van der Waals surface area contributed by atoms with E-state index in [1.54, 1.807) is 24.3 Å². The summed E-state index contributed by atoms with van der Waals surface area (Å²) in [7, 11) is 2.86. The van der Waals surface area contributed by atoms with E-state index in [1.165, 1.54) is 26.5 Å². The average Bonchev–Trinajstić information content (AvgIpc) is 3.48. The second-order valence-corrected chi connectivity index (χ2v) is 8.18. The Morgan fingerprint density at radius 1 is 1.19 bits per heavy atom. The minimum Gasteiger partial charge on any atom is -0.493 e. The Bertz CT molecular complexity index is 1370. The number of carboxylic acid groups (broad SMARTS) is 1. The van der Waals surface area contributed by atoms with Gasteiger partial charge in [-0.15, -0.1) is 0 Å². The van der Waals surface area contributed by atoms with Crippen LogP contribution >= 0.6 is 0 Å². The van der Waals surface area contributed by atoms with Gasteiger partial charge in [-0.25, -0.2) is 9.18 Å². The van der Waals surface area contributed by atoms with Crippen LogP contribution in [0, 0.1) is 5.82 Å². The lowest BCUT2D eigenvalue weighted by Gasteiger charge is -2.14. The molecule has 1 amide bonds. The third kappa shape index (κ3) is 5.64. The minimum atomic E-state index is -1.14. The highest BCUT2D eigenvalue weighted by Crippen LogP contribution is 2.44. The molecular formula is C27H25FN2O7. The van der Waals surface area contributed by atoms with Crippen molar-refractivity contribution >= 4 is 29.1 Å². The van der Waals surface area contributed by atoms with Gasteiger partial charge >= 0.3 is 5.97 Å². The molecule has 0 bridgehead atoms. The molecule has 0 fully saturated rings. The first kappa shape index (κ1) is 25.5. The highest BCUT2D eigenvalue weighted by atomic mass is 19.1. The molecule has 37 heavy (non-hydrogen) atoms. The molecule has 2 N–H and O–H groups in total. The number of pyridine rings is 1. The highest BCUT2D eigenvalue weighted by molar-refractivity contribution is 6.07. The summed E-state index contributed by atoms with van der Waals surface area (Å²) in [5.41, 5.74) is 3.85. The maximum absolute atomic E-state index is 14.2. The lowest BCUT2D eigenvalue weighted by Crippen LogP contribution is -2.22. The number of halogens is 1. The standard InChI is InChI=1S/C27H25FN2O7/c1-15-19(11-24(31)29-13-18-5-4-6-36-18)21-10-17(28)12-30-26(21)20(15)7-16-8-22(34-2)27(23(9-16)35-3)37-14-25(32)33/h4-10,12H,11,13-14H2,1-3H3,(H,29,31)(H,32,33)/b20-7-. The van der Waals surface area contributed by atoms with Crippen molar-refractivity contribution in [1.82, 2.24) is 10.3 Å². The molecule has 192 valence electrons. The number of carbonyl (C=O) groups is 2. The zero-order chi connectivity index (χ0) is 26.5. The van der Waals surface area contributed by atoms with Crippen LogP contribution in [0.1, 0.15) is 35.9 Å². The number of amides is 1. The average molecular weight is 509 g/mol. The van der Waals surface area contributed by atoms with Gasteiger partial charge in [0.25, 0.3) is 0 Å². The third-order valence-electron chi connectivity index (χ3n) is 5.80. The van der Waals surface area contributed by atoms with Gasteiger partial charge in [0.15, 0.2) is 18.1 Å². The van der Waals surface area contributed by atoms with Crippen molar-refractivity contribution in [2.24, 2.45) is 0 Å². The van der Waals surface area contributed by atoms with E-state index in [-0.39, 0.29) is 36.1 Å². The smallest absolute Gasteiger partial charge is 0.341 e. The normalized spacial score (nSPS) is 13.5. The molecule has 1 aliphatic rings. The second-order valence-electron chi connectivity index (χ2n) is 8.18. The van der Waals surface area contributed by atoms with E-state index in [0.29, 0.717) is 33.7 Å². The Morgan fingerprint density at radius 2 is 1.92 bits per heavy atom. The molecule has 2 aromatic heterocycles. The second kappa shape index (κ2) is 11.0. The van der Waals surface area contributed by atoms with Crippen molar-refractivity contribution in [1.29, 1.82) is 0 Å². The van der Waals surface area contributed by atoms with Gasteiger partial charge in [-0.2, -0.15) is 0 Å². The quantitative estimate of drug-likeness (QED) is 0.415. The molecule has 0 saturated carbocycles. The van der Waals surface area contributed by atoms with Crippen molar-refractivity contribution in [3.63, 3.8) is 0 Å². The highest BCUT2D eigenvalue weighted by Gasteiger charge is 2.27. The number of ether oxygens (including phenoxy) is 3. The molecule has 0 radical (unpaired) electrons. The van der Waals surface area contributed by atoms with Gasteiger partial charge in [-0.3, -0.25) is 9.78 Å². The van der Waals surface area contributed by atoms with Crippen molar-refractivity contribution < 1.29 is 37.7 Å². The Kier molecular flexibility index (Phi) is 7.57. The number of methoxy groups -OCH3 is 2. The number of nitrogens with one attached hydrogen (secondary N) is 1. The number of carbonyl (C=O) groups excluding carboxylic acids is 1. The first-order valence-corrected chi connectivity index (χ1v) is 11.3. The van der Waals surface area contributed by atoms with Gasteiger partial charge in [0.05, 0.1) is 45.3 Å². The maximum Gasteiger partial charge on any atom is 0.341 e. The van der Waals surface area contributed by atoms with Crippen molar-refractivity contribution in [3.8, 4) is 17.2 Å². The number of fused-ring (bicyclic) bond motifs is 1. The van der Waals surface area contributed by atoms with Gasteiger partial charge < -0.3 is 29.1 Å². The molecular weight excluding hydrogens is 483 g/mol. The third-order valence-corrected chi connectivity index (χ3v) is 5.80. The minimum absolute atomic E-state index is 0.0244. The van der Waals surface area contributed by atoms with Crippen molar-refractivity contribution in [2.75, 3.05) is 20.8 Å². The Hall–Kier alpha value is -4.60. The fourth-order valence-electron chi connectivity index (χ4n) is 4.08. The predicted molar refractivity (Wildman–Crippen MR) is 133 cm³/mol. The van der Waals surface area contributed by atoms with E-state index in [9.17, 15) is 14.0 Å². The lowest BCUT2D eigenvalue weighted by atomic mass is 10.0. The maximum atomic E-state index is 14.2. The van der Waals surface area contributed by atoms with E-state index in [1.807, 2.05) is 13.0 Å². The summed E-state index contributed by atoms with van der Waals surface area (Å²) >= 11 is 0. The van der Waals surface area contributed by atoms with Crippen molar-refractivity contribution in [2.45, 2.75) is 19.9 Å². The molecule has 9 nitrogen and oxygen atoms in total. The molecule has 4 rings (SSSR count). The lowest BCUT2D eigenvalue weighted by molar-refractivity contribution is -0.139. The first-order valence-electron chi connectivity index (χ1n) is 11.3. The van der Waals surface area contributed by atoms with Gasteiger partial charge in [0, 0.05) is 11.1 Å².